The first-order chi connectivity index (χ1) is 18.2. The van der Waals surface area contributed by atoms with Crippen LogP contribution in [0.25, 0.3) is 11.3 Å². The van der Waals surface area contributed by atoms with Crippen LogP contribution < -0.4 is 9.47 Å². The largest absolute Gasteiger partial charge is 0.478 e. The monoisotopic (exact) mass is 572 g/mol. The van der Waals surface area contributed by atoms with E-state index in [1.807, 2.05) is 0 Å². The zero-order valence-electron chi connectivity index (χ0n) is 19.5. The van der Waals surface area contributed by atoms with Gasteiger partial charge in [0.15, 0.2) is 5.75 Å². The number of sulfone groups is 1. The highest BCUT2D eigenvalue weighted by Crippen LogP contribution is 2.46. The van der Waals surface area contributed by atoms with Gasteiger partial charge in [0.05, 0.1) is 26.9 Å². The van der Waals surface area contributed by atoms with E-state index in [2.05, 4.69) is 10.1 Å². The van der Waals surface area contributed by atoms with Crippen molar-refractivity contribution in [3.63, 3.8) is 0 Å². The summed E-state index contributed by atoms with van der Waals surface area (Å²) in [4.78, 5) is 15.6. The fourth-order valence-electron chi connectivity index (χ4n) is 4.28. The van der Waals surface area contributed by atoms with Crippen LogP contribution in [0.4, 0.5) is 0 Å². The molecule has 3 heterocycles. The molecule has 12 heteroatoms. The van der Waals surface area contributed by atoms with Gasteiger partial charge >= 0.3 is 5.97 Å². The van der Waals surface area contributed by atoms with Crippen LogP contribution in [0.5, 0.6) is 17.4 Å². The third kappa shape index (κ3) is 4.48. The van der Waals surface area contributed by atoms with Gasteiger partial charge in [-0.15, -0.1) is 0 Å². The van der Waals surface area contributed by atoms with Gasteiger partial charge in [-0.1, -0.05) is 40.5 Å². The third-order valence-electron chi connectivity index (χ3n) is 6.30. The molecule has 1 fully saturated rings. The molecule has 1 N–H and O–H groups in total. The first kappa shape index (κ1) is 24.7. The maximum absolute atomic E-state index is 13.2. The van der Waals surface area contributed by atoms with E-state index in [0.717, 1.165) is 12.8 Å². The molecular formula is C26H18Cl2N2O7S. The fraction of sp³-hybridized carbons (Fsp3) is 0.192. The quantitative estimate of drug-likeness (QED) is 0.283. The number of pyridine rings is 1. The van der Waals surface area contributed by atoms with Gasteiger partial charge in [-0.25, -0.2) is 13.2 Å². The predicted molar refractivity (Wildman–Crippen MR) is 137 cm³/mol. The second-order valence-electron chi connectivity index (χ2n) is 8.98. The van der Waals surface area contributed by atoms with Gasteiger partial charge in [0.25, 0.3) is 0 Å². The Morgan fingerprint density at radius 1 is 1.08 bits per heavy atom. The van der Waals surface area contributed by atoms with Gasteiger partial charge in [0.1, 0.15) is 23.8 Å². The van der Waals surface area contributed by atoms with E-state index in [1.54, 1.807) is 18.2 Å². The highest BCUT2D eigenvalue weighted by molar-refractivity contribution is 7.90. The minimum absolute atomic E-state index is 0.0128. The van der Waals surface area contributed by atoms with Gasteiger partial charge in [-0.05, 0) is 43.2 Å². The molecule has 38 heavy (non-hydrogen) atoms. The Kier molecular flexibility index (Phi) is 6.05. The molecule has 4 aromatic rings. The van der Waals surface area contributed by atoms with Gasteiger partial charge in [0, 0.05) is 23.1 Å². The van der Waals surface area contributed by atoms with E-state index >= 15 is 0 Å². The standard InChI is InChI=1S/C26H18Cl2N2O7S/c27-17-2-1-3-18(28)22(17)23-16(24(37-30-23)13-4-5-13)11-35-21-9-8-19-25(29-21)38(33,34)12-15-7-6-14(26(31)32)10-20(15)36-19/h1-3,6-10,13H,4-5,11-12H2,(H,31,32). The Labute approximate surface area is 226 Å². The lowest BCUT2D eigenvalue weighted by atomic mass is 10.0. The summed E-state index contributed by atoms with van der Waals surface area (Å²) in [6.45, 7) is -0.0128. The number of carbonyl (C=O) groups is 1. The van der Waals surface area contributed by atoms with E-state index in [9.17, 15) is 18.3 Å². The van der Waals surface area contributed by atoms with E-state index in [-0.39, 0.29) is 40.5 Å². The highest BCUT2D eigenvalue weighted by Gasteiger charge is 2.34. The number of benzene rings is 2. The van der Waals surface area contributed by atoms with Crippen molar-refractivity contribution in [2.24, 2.45) is 0 Å². The Balaban J connectivity index is 1.33. The normalized spacial score (nSPS) is 15.6. The molecule has 0 bridgehead atoms. The second-order valence-corrected chi connectivity index (χ2v) is 11.7. The summed E-state index contributed by atoms with van der Waals surface area (Å²) in [7, 11) is -3.92. The van der Waals surface area contributed by atoms with Crippen molar-refractivity contribution >= 4 is 39.0 Å². The maximum Gasteiger partial charge on any atom is 0.335 e. The molecule has 2 aromatic carbocycles. The molecular weight excluding hydrogens is 555 g/mol. The number of hydrogen-bond donors (Lipinski definition) is 1. The number of rotatable bonds is 6. The first-order valence-electron chi connectivity index (χ1n) is 11.5. The molecule has 1 aliphatic heterocycles. The van der Waals surface area contributed by atoms with E-state index in [1.165, 1.54) is 30.3 Å². The Morgan fingerprint density at radius 2 is 1.84 bits per heavy atom. The van der Waals surface area contributed by atoms with E-state index in [0.29, 0.717) is 38.2 Å². The van der Waals surface area contributed by atoms with Crippen LogP contribution >= 0.6 is 23.2 Å². The molecule has 0 spiro atoms. The molecule has 1 saturated carbocycles. The number of ether oxygens (including phenoxy) is 2. The lowest BCUT2D eigenvalue weighted by Gasteiger charge is -2.11. The number of halogens is 2. The summed E-state index contributed by atoms with van der Waals surface area (Å²) < 4.78 is 43.7. The SMILES string of the molecule is O=C(O)c1ccc2c(c1)Oc1ccc(OCc3c(-c4c(Cl)cccc4Cl)noc3C3CC3)nc1S(=O)(=O)C2. The summed E-state index contributed by atoms with van der Waals surface area (Å²) in [5.74, 6) is -0.508. The summed E-state index contributed by atoms with van der Waals surface area (Å²) >= 11 is 12.8. The molecule has 2 aromatic heterocycles. The van der Waals surface area contributed by atoms with Crippen molar-refractivity contribution in [2.75, 3.05) is 0 Å². The molecule has 0 saturated heterocycles. The highest BCUT2D eigenvalue weighted by atomic mass is 35.5. The average Bonchev–Trinajstić information content (AvgIpc) is 3.65. The topological polar surface area (TPSA) is 129 Å². The molecule has 6 rings (SSSR count). The lowest BCUT2D eigenvalue weighted by Crippen LogP contribution is -2.08. The Morgan fingerprint density at radius 3 is 2.55 bits per heavy atom. The zero-order valence-corrected chi connectivity index (χ0v) is 21.8. The molecule has 2 aliphatic rings. The zero-order chi connectivity index (χ0) is 26.6. The smallest absolute Gasteiger partial charge is 0.335 e. The van der Waals surface area contributed by atoms with Crippen LogP contribution in [0.15, 0.2) is 58.1 Å². The molecule has 0 amide bonds. The molecule has 0 radical (unpaired) electrons. The number of aromatic carboxylic acids is 1. The summed E-state index contributed by atoms with van der Waals surface area (Å²) in [6, 6.07) is 12.1. The Bertz CT molecular complexity index is 1690. The second kappa shape index (κ2) is 9.30. The number of carboxylic acid groups (broad SMARTS) is 1. The minimum atomic E-state index is -3.92. The number of aromatic nitrogens is 2. The van der Waals surface area contributed by atoms with Crippen molar-refractivity contribution in [1.29, 1.82) is 0 Å². The van der Waals surface area contributed by atoms with Crippen molar-refractivity contribution in [1.82, 2.24) is 10.1 Å². The van der Waals surface area contributed by atoms with Crippen LogP contribution in [-0.4, -0.2) is 29.6 Å². The number of hydrogen-bond acceptors (Lipinski definition) is 8. The lowest BCUT2D eigenvalue weighted by molar-refractivity contribution is 0.0696. The molecule has 194 valence electrons. The van der Waals surface area contributed by atoms with Crippen molar-refractivity contribution in [3.8, 4) is 28.6 Å². The van der Waals surface area contributed by atoms with Gasteiger partial charge in [-0.2, -0.15) is 4.98 Å². The molecule has 0 atom stereocenters. The van der Waals surface area contributed by atoms with Crippen LogP contribution in [0, 0.1) is 0 Å². The summed E-state index contributed by atoms with van der Waals surface area (Å²) in [5.41, 5.74) is 1.95. The minimum Gasteiger partial charge on any atom is -0.478 e. The van der Waals surface area contributed by atoms with Crippen LogP contribution in [-0.2, 0) is 22.2 Å². The molecule has 9 nitrogen and oxygen atoms in total. The van der Waals surface area contributed by atoms with Crippen molar-refractivity contribution in [3.05, 3.63) is 81.0 Å². The summed E-state index contributed by atoms with van der Waals surface area (Å²) in [5, 5.41) is 14.0. The molecule has 1 aliphatic carbocycles. The van der Waals surface area contributed by atoms with Gasteiger partial charge < -0.3 is 19.1 Å². The summed E-state index contributed by atoms with van der Waals surface area (Å²) in [6.07, 6.45) is 1.91. The van der Waals surface area contributed by atoms with Crippen LogP contribution in [0.1, 0.15) is 46.0 Å². The van der Waals surface area contributed by atoms with Gasteiger partial charge in [0.2, 0.25) is 20.7 Å². The third-order valence-corrected chi connectivity index (χ3v) is 8.51. The van der Waals surface area contributed by atoms with Crippen molar-refractivity contribution in [2.45, 2.75) is 36.1 Å². The number of fused-ring (bicyclic) bond motifs is 2. The first-order valence-corrected chi connectivity index (χ1v) is 14.0. The van der Waals surface area contributed by atoms with Gasteiger partial charge in [-0.3, -0.25) is 0 Å². The Hall–Kier alpha value is -3.60. The average molecular weight is 573 g/mol. The van der Waals surface area contributed by atoms with Crippen LogP contribution in [0.3, 0.4) is 0 Å². The van der Waals surface area contributed by atoms with Crippen molar-refractivity contribution < 1.29 is 32.3 Å². The fourth-order valence-corrected chi connectivity index (χ4v) is 6.29. The maximum atomic E-state index is 13.2. The van der Waals surface area contributed by atoms with E-state index in [4.69, 9.17) is 37.2 Å². The molecule has 0 unspecified atom stereocenters. The number of carboxylic acids is 1. The predicted octanol–water partition coefficient (Wildman–Crippen LogP) is 6.28. The van der Waals surface area contributed by atoms with E-state index < -0.39 is 21.6 Å². The van der Waals surface area contributed by atoms with Crippen LogP contribution in [0.2, 0.25) is 10.0 Å². The number of nitrogens with zero attached hydrogens (tertiary/aromatic N) is 2.